The molecule has 2 aliphatic rings. The van der Waals surface area contributed by atoms with Gasteiger partial charge in [0.2, 0.25) is 6.41 Å². The zero-order valence-corrected chi connectivity index (χ0v) is 14.0. The molecule has 0 fully saturated rings. The number of nitrogens with zero attached hydrogens (tertiary/aromatic N) is 1. The van der Waals surface area contributed by atoms with Crippen molar-refractivity contribution >= 4 is 0 Å². The zero-order valence-electron chi connectivity index (χ0n) is 14.0. The lowest BCUT2D eigenvalue weighted by atomic mass is 9.81. The smallest absolute Gasteiger partial charge is 0.214 e. The molecule has 0 spiro atoms. The number of aliphatic hydroxyl groups excluding tert-OH is 2. The summed E-state index contributed by atoms with van der Waals surface area (Å²) in [7, 11) is 0. The van der Waals surface area contributed by atoms with Gasteiger partial charge in [-0.25, -0.2) is 4.90 Å². The van der Waals surface area contributed by atoms with Crippen LogP contribution in [0.5, 0.6) is 0 Å². The van der Waals surface area contributed by atoms with E-state index in [1.54, 1.807) is 4.90 Å². The van der Waals surface area contributed by atoms with Crippen molar-refractivity contribution in [3.05, 3.63) is 11.1 Å². The third-order valence-corrected chi connectivity index (χ3v) is 5.25. The summed E-state index contributed by atoms with van der Waals surface area (Å²) in [6.45, 7) is 3.37. The number of aliphatic hydroxyl groups is 3. The standard InChI is InChI=1S/C18H33NO3/c1-14(20)8-5-3-2-4-6-9-15-10-7-11-16-12-19(18(21)22)13-17(15)16/h14-15,18,20-22H,2-13H2,1H3. The fraction of sp³-hybridized carbons (Fsp3) is 0.889. The molecule has 1 aliphatic carbocycles. The minimum atomic E-state index is -1.31. The Morgan fingerprint density at radius 2 is 1.77 bits per heavy atom. The van der Waals surface area contributed by atoms with Crippen LogP contribution in [0.25, 0.3) is 0 Å². The van der Waals surface area contributed by atoms with Crippen LogP contribution >= 0.6 is 0 Å². The molecule has 4 heteroatoms. The van der Waals surface area contributed by atoms with Gasteiger partial charge in [0, 0.05) is 13.1 Å². The summed E-state index contributed by atoms with van der Waals surface area (Å²) in [4.78, 5) is 1.76. The highest BCUT2D eigenvalue weighted by molar-refractivity contribution is 5.27. The van der Waals surface area contributed by atoms with Crippen LogP contribution in [0.4, 0.5) is 0 Å². The molecule has 0 aromatic carbocycles. The lowest BCUT2D eigenvalue weighted by Crippen LogP contribution is -2.33. The third-order valence-electron chi connectivity index (χ3n) is 5.25. The lowest BCUT2D eigenvalue weighted by Gasteiger charge is -2.24. The molecule has 0 amide bonds. The highest BCUT2D eigenvalue weighted by atomic mass is 16.5. The van der Waals surface area contributed by atoms with Gasteiger partial charge in [0.05, 0.1) is 6.10 Å². The molecule has 128 valence electrons. The molecule has 0 aromatic heterocycles. The Kier molecular flexibility index (Phi) is 7.35. The van der Waals surface area contributed by atoms with Crippen LogP contribution in [0.1, 0.15) is 71.1 Å². The van der Waals surface area contributed by atoms with Gasteiger partial charge < -0.3 is 15.3 Å². The molecule has 3 N–H and O–H groups in total. The van der Waals surface area contributed by atoms with Crippen LogP contribution in [0.15, 0.2) is 11.1 Å². The fourth-order valence-corrected chi connectivity index (χ4v) is 3.97. The van der Waals surface area contributed by atoms with Crippen molar-refractivity contribution in [2.75, 3.05) is 13.1 Å². The van der Waals surface area contributed by atoms with Gasteiger partial charge >= 0.3 is 0 Å². The van der Waals surface area contributed by atoms with E-state index in [-0.39, 0.29) is 6.10 Å². The van der Waals surface area contributed by atoms with E-state index in [1.807, 2.05) is 6.92 Å². The van der Waals surface area contributed by atoms with E-state index >= 15 is 0 Å². The Morgan fingerprint density at radius 3 is 2.50 bits per heavy atom. The molecule has 22 heavy (non-hydrogen) atoms. The van der Waals surface area contributed by atoms with Crippen molar-refractivity contribution in [3.8, 4) is 0 Å². The normalized spacial score (nSPS) is 24.1. The van der Waals surface area contributed by atoms with Gasteiger partial charge in [-0.15, -0.1) is 0 Å². The van der Waals surface area contributed by atoms with Crippen LogP contribution in [-0.2, 0) is 0 Å². The van der Waals surface area contributed by atoms with Crippen molar-refractivity contribution < 1.29 is 15.3 Å². The first-order chi connectivity index (χ1) is 10.6. The number of hydrogen-bond donors (Lipinski definition) is 3. The minimum Gasteiger partial charge on any atom is -0.393 e. The molecule has 4 nitrogen and oxygen atoms in total. The van der Waals surface area contributed by atoms with E-state index in [0.717, 1.165) is 32.4 Å². The van der Waals surface area contributed by atoms with Crippen LogP contribution < -0.4 is 0 Å². The number of hydrogen-bond acceptors (Lipinski definition) is 4. The molecule has 0 aromatic rings. The molecule has 2 rings (SSSR count). The minimum absolute atomic E-state index is 0.153. The molecule has 0 saturated carbocycles. The second kappa shape index (κ2) is 9.02. The molecule has 0 saturated heterocycles. The molecule has 0 radical (unpaired) electrons. The quantitative estimate of drug-likeness (QED) is 0.348. The first-order valence-electron chi connectivity index (χ1n) is 9.07. The highest BCUT2D eigenvalue weighted by Gasteiger charge is 2.31. The van der Waals surface area contributed by atoms with Crippen molar-refractivity contribution in [1.82, 2.24) is 4.90 Å². The van der Waals surface area contributed by atoms with Crippen LogP contribution in [0.3, 0.4) is 0 Å². The van der Waals surface area contributed by atoms with Crippen molar-refractivity contribution in [2.45, 2.75) is 83.6 Å². The van der Waals surface area contributed by atoms with Crippen LogP contribution in [0, 0.1) is 5.92 Å². The largest absolute Gasteiger partial charge is 0.393 e. The molecule has 1 aliphatic heterocycles. The van der Waals surface area contributed by atoms with Gasteiger partial charge in [0.15, 0.2) is 0 Å². The van der Waals surface area contributed by atoms with Gasteiger partial charge in [-0.1, -0.05) is 43.3 Å². The van der Waals surface area contributed by atoms with E-state index in [1.165, 1.54) is 56.1 Å². The lowest BCUT2D eigenvalue weighted by molar-refractivity contribution is -0.145. The van der Waals surface area contributed by atoms with Crippen LogP contribution in [0.2, 0.25) is 0 Å². The van der Waals surface area contributed by atoms with E-state index in [2.05, 4.69) is 0 Å². The molecule has 1 heterocycles. The molecule has 2 atom stereocenters. The number of unbranched alkanes of at least 4 members (excludes halogenated alkanes) is 4. The second-order valence-corrected chi connectivity index (χ2v) is 7.16. The summed E-state index contributed by atoms with van der Waals surface area (Å²) < 4.78 is 0. The zero-order chi connectivity index (χ0) is 15.9. The first kappa shape index (κ1) is 17.9. The van der Waals surface area contributed by atoms with E-state index < -0.39 is 6.41 Å². The van der Waals surface area contributed by atoms with Crippen molar-refractivity contribution in [1.29, 1.82) is 0 Å². The summed E-state index contributed by atoms with van der Waals surface area (Å²) >= 11 is 0. The Labute approximate surface area is 134 Å². The predicted molar refractivity (Wildman–Crippen MR) is 88.2 cm³/mol. The SMILES string of the molecule is CC(O)CCCCCCCC1CCCC2=C1CN(C(O)O)C2. The van der Waals surface area contributed by atoms with Gasteiger partial charge in [0.25, 0.3) is 0 Å². The Morgan fingerprint density at radius 1 is 1.05 bits per heavy atom. The maximum absolute atomic E-state index is 9.36. The fourth-order valence-electron chi connectivity index (χ4n) is 3.97. The monoisotopic (exact) mass is 311 g/mol. The maximum Gasteiger partial charge on any atom is 0.214 e. The summed E-state index contributed by atoms with van der Waals surface area (Å²) in [5.74, 6) is 0.671. The third kappa shape index (κ3) is 5.34. The number of rotatable bonds is 9. The van der Waals surface area contributed by atoms with Gasteiger partial charge in [-0.05, 0) is 44.9 Å². The van der Waals surface area contributed by atoms with Crippen molar-refractivity contribution in [2.24, 2.45) is 5.92 Å². The van der Waals surface area contributed by atoms with Gasteiger partial charge in [0.1, 0.15) is 0 Å². The Bertz CT molecular complexity index is 365. The average molecular weight is 311 g/mol. The van der Waals surface area contributed by atoms with Gasteiger partial charge in [-0.2, -0.15) is 0 Å². The van der Waals surface area contributed by atoms with Crippen molar-refractivity contribution in [3.63, 3.8) is 0 Å². The highest BCUT2D eigenvalue weighted by Crippen LogP contribution is 2.38. The maximum atomic E-state index is 9.36. The average Bonchev–Trinajstić information content (AvgIpc) is 2.91. The summed E-state index contributed by atoms with van der Waals surface area (Å²) in [5.41, 5.74) is 2.98. The predicted octanol–water partition coefficient (Wildman–Crippen LogP) is 2.78. The first-order valence-corrected chi connectivity index (χ1v) is 9.07. The van der Waals surface area contributed by atoms with E-state index in [0.29, 0.717) is 5.92 Å². The summed E-state index contributed by atoms with van der Waals surface area (Å²) in [6, 6.07) is 0. The summed E-state index contributed by atoms with van der Waals surface area (Å²) in [5, 5.41) is 27.9. The van der Waals surface area contributed by atoms with Crippen LogP contribution in [-0.4, -0.2) is 45.8 Å². The van der Waals surface area contributed by atoms with E-state index in [9.17, 15) is 15.3 Å². The molecular formula is C18H33NO3. The molecule has 2 unspecified atom stereocenters. The second-order valence-electron chi connectivity index (χ2n) is 7.16. The molecule has 0 bridgehead atoms. The van der Waals surface area contributed by atoms with Gasteiger partial charge in [-0.3, -0.25) is 0 Å². The topological polar surface area (TPSA) is 63.9 Å². The van der Waals surface area contributed by atoms with E-state index in [4.69, 9.17) is 0 Å². The summed E-state index contributed by atoms with van der Waals surface area (Å²) in [6.07, 6.45) is 10.6. The Balaban J connectivity index is 1.64. The molecular weight excluding hydrogens is 278 g/mol. The Hall–Kier alpha value is -0.420.